The number of carbonyl (C=O) groups is 1. The Kier molecular flexibility index (Phi) is 5.56. The summed E-state index contributed by atoms with van der Waals surface area (Å²) in [7, 11) is 1.40. The number of aromatic nitrogens is 1. The molecule has 25 heavy (non-hydrogen) atoms. The predicted octanol–water partition coefficient (Wildman–Crippen LogP) is 4.52. The van der Waals surface area contributed by atoms with Crippen LogP contribution >= 0.6 is 35.2 Å². The maximum Gasteiger partial charge on any atom is 0.341 e. The van der Waals surface area contributed by atoms with E-state index < -0.39 is 0 Å². The molecule has 2 heterocycles. The zero-order valence-corrected chi connectivity index (χ0v) is 16.3. The van der Waals surface area contributed by atoms with E-state index in [0.29, 0.717) is 32.4 Å². The Balaban J connectivity index is 1.85. The van der Waals surface area contributed by atoms with Gasteiger partial charge >= 0.3 is 5.97 Å². The summed E-state index contributed by atoms with van der Waals surface area (Å²) in [5.41, 5.74) is 2.28. The number of hydrogen-bond acceptors (Lipinski definition) is 5. The van der Waals surface area contributed by atoms with E-state index in [1.807, 2.05) is 0 Å². The van der Waals surface area contributed by atoms with Crippen LogP contribution in [0.3, 0.4) is 0 Å². The second-order valence-electron chi connectivity index (χ2n) is 5.97. The van der Waals surface area contributed by atoms with Gasteiger partial charge in [-0.3, -0.25) is 0 Å². The highest BCUT2D eigenvalue weighted by Gasteiger charge is 2.28. The molecule has 5 nitrogen and oxygen atoms in total. The summed E-state index contributed by atoms with van der Waals surface area (Å²) >= 11 is 13.0. The molecule has 0 saturated carbocycles. The summed E-state index contributed by atoms with van der Waals surface area (Å²) in [6, 6.07) is 3.55. The molecular formula is C17H18ClN3O2S2. The molecule has 132 valence electrons. The van der Waals surface area contributed by atoms with Crippen LogP contribution in [0.25, 0.3) is 0 Å². The molecule has 0 saturated heterocycles. The van der Waals surface area contributed by atoms with Crippen LogP contribution in [0.1, 0.15) is 34.1 Å². The average Bonchev–Trinajstić information content (AvgIpc) is 2.92. The van der Waals surface area contributed by atoms with Crippen LogP contribution in [-0.4, -0.2) is 23.2 Å². The van der Waals surface area contributed by atoms with Crippen molar-refractivity contribution in [3.8, 4) is 0 Å². The topological polar surface area (TPSA) is 63.2 Å². The Morgan fingerprint density at radius 2 is 2.28 bits per heavy atom. The molecule has 0 amide bonds. The summed E-state index contributed by atoms with van der Waals surface area (Å²) in [6.07, 6.45) is 4.53. The van der Waals surface area contributed by atoms with Gasteiger partial charge in [-0.25, -0.2) is 9.78 Å². The number of methoxy groups -OCH3 is 1. The van der Waals surface area contributed by atoms with Gasteiger partial charge in [-0.05, 0) is 55.1 Å². The number of nitrogens with zero attached hydrogens (tertiary/aromatic N) is 1. The van der Waals surface area contributed by atoms with Gasteiger partial charge in [0, 0.05) is 11.1 Å². The zero-order valence-electron chi connectivity index (χ0n) is 13.9. The summed E-state index contributed by atoms with van der Waals surface area (Å²) in [6.45, 7) is 2.23. The van der Waals surface area contributed by atoms with Crippen LogP contribution in [0, 0.1) is 5.92 Å². The number of rotatable bonds is 3. The number of halogens is 1. The molecule has 0 aromatic carbocycles. The van der Waals surface area contributed by atoms with E-state index in [4.69, 9.17) is 28.6 Å². The van der Waals surface area contributed by atoms with E-state index in [0.717, 1.165) is 24.8 Å². The van der Waals surface area contributed by atoms with Crippen molar-refractivity contribution in [1.82, 2.24) is 4.98 Å². The number of carbonyl (C=O) groups excluding carboxylic acids is 1. The number of pyridine rings is 1. The fraction of sp³-hybridized carbons (Fsp3) is 0.353. The molecule has 2 N–H and O–H groups in total. The van der Waals surface area contributed by atoms with Crippen molar-refractivity contribution in [2.45, 2.75) is 26.2 Å². The zero-order chi connectivity index (χ0) is 18.0. The minimum absolute atomic E-state index is 0.333. The Morgan fingerprint density at radius 1 is 1.48 bits per heavy atom. The lowest BCUT2D eigenvalue weighted by molar-refractivity contribution is 0.0601. The lowest BCUT2D eigenvalue weighted by Crippen LogP contribution is -2.20. The third-order valence-electron chi connectivity index (χ3n) is 4.14. The number of thiocarbonyl (C=S) groups is 1. The lowest BCUT2D eigenvalue weighted by atomic mass is 9.88. The molecule has 3 rings (SSSR count). The van der Waals surface area contributed by atoms with Gasteiger partial charge in [0.15, 0.2) is 10.3 Å². The van der Waals surface area contributed by atoms with Crippen molar-refractivity contribution in [2.75, 3.05) is 17.7 Å². The first-order valence-corrected chi connectivity index (χ1v) is 9.51. The van der Waals surface area contributed by atoms with E-state index in [9.17, 15) is 4.79 Å². The van der Waals surface area contributed by atoms with E-state index in [1.165, 1.54) is 12.0 Å². The molecule has 0 spiro atoms. The van der Waals surface area contributed by atoms with Crippen molar-refractivity contribution >= 4 is 56.9 Å². The minimum atomic E-state index is -0.336. The number of fused-ring (bicyclic) bond motifs is 1. The lowest BCUT2D eigenvalue weighted by Gasteiger charge is -2.18. The van der Waals surface area contributed by atoms with Crippen molar-refractivity contribution < 1.29 is 9.53 Å². The summed E-state index contributed by atoms with van der Waals surface area (Å²) in [4.78, 5) is 17.5. The smallest absolute Gasteiger partial charge is 0.341 e. The van der Waals surface area contributed by atoms with E-state index in [-0.39, 0.29) is 5.97 Å². The van der Waals surface area contributed by atoms with Gasteiger partial charge in [0.2, 0.25) is 0 Å². The Hall–Kier alpha value is -1.70. The maximum absolute atomic E-state index is 12.3. The molecule has 2 aromatic heterocycles. The Bertz CT molecular complexity index is 822. The first kappa shape index (κ1) is 18.1. The SMILES string of the molecule is COC(=O)c1c(NC(=S)Nc2cccnc2Cl)sc2c1CCC(C)C2. The largest absolute Gasteiger partial charge is 0.465 e. The molecule has 0 aliphatic heterocycles. The van der Waals surface area contributed by atoms with Gasteiger partial charge in [-0.15, -0.1) is 11.3 Å². The quantitative estimate of drug-likeness (QED) is 0.452. The number of thiophene rings is 1. The molecule has 8 heteroatoms. The number of ether oxygens (including phenoxy) is 1. The Labute approximate surface area is 160 Å². The first-order chi connectivity index (χ1) is 12.0. The van der Waals surface area contributed by atoms with E-state index >= 15 is 0 Å². The second-order valence-corrected chi connectivity index (χ2v) is 7.84. The van der Waals surface area contributed by atoms with Crippen LogP contribution in [0.2, 0.25) is 5.15 Å². The number of hydrogen-bond donors (Lipinski definition) is 2. The highest BCUT2D eigenvalue weighted by atomic mass is 35.5. The van der Waals surface area contributed by atoms with Crippen molar-refractivity contribution in [3.05, 3.63) is 39.5 Å². The number of anilines is 2. The highest BCUT2D eigenvalue weighted by Crippen LogP contribution is 2.40. The molecule has 0 bridgehead atoms. The fourth-order valence-corrected chi connectivity index (χ4v) is 4.74. The average molecular weight is 396 g/mol. The van der Waals surface area contributed by atoms with E-state index in [2.05, 4.69) is 22.5 Å². The van der Waals surface area contributed by atoms with Crippen LogP contribution in [0.5, 0.6) is 0 Å². The Morgan fingerprint density at radius 3 is 3.00 bits per heavy atom. The molecule has 1 unspecified atom stereocenters. The van der Waals surface area contributed by atoms with Gasteiger partial charge in [0.05, 0.1) is 18.4 Å². The van der Waals surface area contributed by atoms with Gasteiger partial charge in [0.25, 0.3) is 0 Å². The first-order valence-electron chi connectivity index (χ1n) is 7.91. The van der Waals surface area contributed by atoms with Crippen molar-refractivity contribution in [2.24, 2.45) is 5.92 Å². The van der Waals surface area contributed by atoms with Crippen LogP contribution in [0.4, 0.5) is 10.7 Å². The molecule has 1 aliphatic carbocycles. The maximum atomic E-state index is 12.3. The normalized spacial score (nSPS) is 16.0. The monoisotopic (exact) mass is 395 g/mol. The van der Waals surface area contributed by atoms with Gasteiger partial charge in [0.1, 0.15) is 5.00 Å². The highest BCUT2D eigenvalue weighted by molar-refractivity contribution is 7.80. The molecule has 1 aliphatic rings. The summed E-state index contributed by atoms with van der Waals surface area (Å²) < 4.78 is 4.98. The number of esters is 1. The summed E-state index contributed by atoms with van der Waals surface area (Å²) in [5.74, 6) is 0.278. The molecule has 2 aromatic rings. The van der Waals surface area contributed by atoms with E-state index in [1.54, 1.807) is 29.7 Å². The van der Waals surface area contributed by atoms with Crippen LogP contribution in [0.15, 0.2) is 18.3 Å². The molecular weight excluding hydrogens is 378 g/mol. The predicted molar refractivity (Wildman–Crippen MR) is 106 cm³/mol. The third-order valence-corrected chi connectivity index (χ3v) is 5.81. The minimum Gasteiger partial charge on any atom is -0.465 e. The standard InChI is InChI=1S/C17H18ClN3O2S2/c1-9-5-6-10-12(8-9)25-15(13(10)16(22)23-2)21-17(24)20-11-4-3-7-19-14(11)18/h3-4,7,9H,5-6,8H2,1-2H3,(H2,20,21,24). The molecule has 0 fully saturated rings. The van der Waals surface area contributed by atoms with Gasteiger partial charge < -0.3 is 15.4 Å². The van der Waals surface area contributed by atoms with Gasteiger partial charge in [-0.1, -0.05) is 18.5 Å². The van der Waals surface area contributed by atoms with Crippen molar-refractivity contribution in [1.29, 1.82) is 0 Å². The van der Waals surface area contributed by atoms with Crippen LogP contribution in [-0.2, 0) is 17.6 Å². The number of nitrogens with one attached hydrogen (secondary N) is 2. The van der Waals surface area contributed by atoms with Crippen molar-refractivity contribution in [3.63, 3.8) is 0 Å². The third kappa shape index (κ3) is 3.94. The second kappa shape index (κ2) is 7.68. The fourth-order valence-electron chi connectivity index (χ4n) is 2.89. The molecule has 0 radical (unpaired) electrons. The van der Waals surface area contributed by atoms with Gasteiger partial charge in [-0.2, -0.15) is 0 Å². The summed E-state index contributed by atoms with van der Waals surface area (Å²) in [5, 5.41) is 7.54. The molecule has 1 atom stereocenters. The van der Waals surface area contributed by atoms with Crippen LogP contribution < -0.4 is 10.6 Å².